The first-order valence-electron chi connectivity index (χ1n) is 10.5. The molecule has 34 heavy (non-hydrogen) atoms. The van der Waals surface area contributed by atoms with Gasteiger partial charge in [-0.1, -0.05) is 42.5 Å². The van der Waals surface area contributed by atoms with Gasteiger partial charge in [-0.2, -0.15) is 5.11 Å². The molecule has 0 atom stereocenters. The average Bonchev–Trinajstić information content (AvgIpc) is 2.86. The van der Waals surface area contributed by atoms with Crippen LogP contribution in [-0.4, -0.2) is 10.9 Å². The van der Waals surface area contributed by atoms with Crippen LogP contribution < -0.4 is 11.1 Å². The van der Waals surface area contributed by atoms with E-state index in [1.807, 2.05) is 30.3 Å². The fourth-order valence-corrected chi connectivity index (χ4v) is 3.31. The number of benzene rings is 3. The minimum atomic E-state index is -0.575. The summed E-state index contributed by atoms with van der Waals surface area (Å²) in [6.45, 7) is 0.912. The molecule has 1 amide bonds. The molecule has 0 spiro atoms. The van der Waals surface area contributed by atoms with Gasteiger partial charge in [0.05, 0.1) is 24.6 Å². The van der Waals surface area contributed by atoms with E-state index in [0.717, 1.165) is 11.1 Å². The van der Waals surface area contributed by atoms with Crippen molar-refractivity contribution in [3.8, 4) is 11.3 Å². The Bertz CT molecular complexity index is 1320. The summed E-state index contributed by atoms with van der Waals surface area (Å²) in [5.74, 6) is -0.923. The summed E-state index contributed by atoms with van der Waals surface area (Å²) in [7, 11) is 0. The van der Waals surface area contributed by atoms with Crippen LogP contribution in [0.4, 0.5) is 21.6 Å². The van der Waals surface area contributed by atoms with Gasteiger partial charge < -0.3 is 15.8 Å². The molecule has 4 aromatic rings. The van der Waals surface area contributed by atoms with Crippen molar-refractivity contribution in [2.45, 2.75) is 13.2 Å². The highest BCUT2D eigenvalue weighted by molar-refractivity contribution is 6.04. The summed E-state index contributed by atoms with van der Waals surface area (Å²) in [6.07, 6.45) is 0. The number of anilines is 2. The van der Waals surface area contributed by atoms with E-state index in [9.17, 15) is 9.18 Å². The second kappa shape index (κ2) is 10.5. The van der Waals surface area contributed by atoms with E-state index < -0.39 is 11.7 Å². The van der Waals surface area contributed by atoms with Gasteiger partial charge in [-0.05, 0) is 53.6 Å². The number of nitrogens with two attached hydrogens (primary N) is 1. The quantitative estimate of drug-likeness (QED) is 0.258. The Morgan fingerprint density at radius 2 is 1.71 bits per heavy atom. The number of carbonyl (C=O) groups is 1. The molecule has 0 aliphatic heterocycles. The molecule has 0 fully saturated rings. The number of nitrogen functional groups attached to an aromatic ring is 1. The van der Waals surface area contributed by atoms with Crippen molar-refractivity contribution < 1.29 is 16.8 Å². The lowest BCUT2D eigenvalue weighted by Gasteiger charge is -2.10. The Balaban J connectivity index is 0.00000228. The molecule has 0 aliphatic rings. The van der Waals surface area contributed by atoms with Gasteiger partial charge in [0.2, 0.25) is 0 Å². The predicted molar refractivity (Wildman–Crippen MR) is 132 cm³/mol. The van der Waals surface area contributed by atoms with Crippen LogP contribution in [0.25, 0.3) is 11.3 Å². The number of hydrogen-bond donors (Lipinski definition) is 3. The van der Waals surface area contributed by atoms with Crippen LogP contribution in [0.3, 0.4) is 0 Å². The summed E-state index contributed by atoms with van der Waals surface area (Å²) >= 11 is 0. The van der Waals surface area contributed by atoms with Gasteiger partial charge in [-0.25, -0.2) is 14.9 Å². The number of nitrogens with zero attached hydrogens (tertiary/aromatic N) is 2. The van der Waals surface area contributed by atoms with Crippen LogP contribution in [-0.2, 0) is 18.0 Å². The summed E-state index contributed by atoms with van der Waals surface area (Å²) in [4.78, 5) is 16.9. The third kappa shape index (κ3) is 5.48. The van der Waals surface area contributed by atoms with Gasteiger partial charge in [0.1, 0.15) is 11.5 Å². The smallest absolute Gasteiger partial charge is 0.255 e. The molecule has 4 N–H and O–H groups in total. The zero-order valence-corrected chi connectivity index (χ0v) is 18.2. The first-order chi connectivity index (χ1) is 16.5. The van der Waals surface area contributed by atoms with Gasteiger partial charge in [0.15, 0.2) is 5.82 Å². The van der Waals surface area contributed by atoms with Crippen LogP contribution in [0.5, 0.6) is 0 Å². The van der Waals surface area contributed by atoms with E-state index in [-0.39, 0.29) is 20.0 Å². The zero-order valence-electron chi connectivity index (χ0n) is 18.2. The molecule has 0 saturated carbocycles. The molecule has 4 rings (SSSR count). The maximum atomic E-state index is 14.4. The number of nitrogens with one attached hydrogen (secondary N) is 2. The first-order valence-corrected chi connectivity index (χ1v) is 10.5. The van der Waals surface area contributed by atoms with Crippen molar-refractivity contribution in [2.75, 3.05) is 11.1 Å². The Morgan fingerprint density at radius 3 is 2.38 bits per heavy atom. The number of hydrogen-bond acceptors (Lipinski definition) is 6. The largest absolute Gasteiger partial charge is 0.382 e. The zero-order chi connectivity index (χ0) is 23.9. The number of halogens is 1. The lowest BCUT2D eigenvalue weighted by Crippen LogP contribution is -2.13. The van der Waals surface area contributed by atoms with E-state index in [1.54, 1.807) is 36.4 Å². The fourth-order valence-electron chi connectivity index (χ4n) is 3.31. The highest BCUT2D eigenvalue weighted by Crippen LogP contribution is 2.28. The SMILES string of the molecule is N=Nc1ccc(-c2ccc(F)c(NC(=O)c3ccc(COCc4ccccc4)cc3)c2)nc1N.[HH].[HH]. The van der Waals surface area contributed by atoms with Crippen LogP contribution >= 0.6 is 0 Å². The molecular formula is C26H26FN5O2. The Kier molecular flexibility index (Phi) is 7.00. The van der Waals surface area contributed by atoms with Crippen molar-refractivity contribution >= 4 is 23.1 Å². The average molecular weight is 460 g/mol. The van der Waals surface area contributed by atoms with Gasteiger partial charge in [0.25, 0.3) is 5.91 Å². The summed E-state index contributed by atoms with van der Waals surface area (Å²) in [6, 6.07) is 24.3. The summed E-state index contributed by atoms with van der Waals surface area (Å²) in [5, 5.41) is 5.89. The van der Waals surface area contributed by atoms with Gasteiger partial charge in [-0.3, -0.25) is 4.79 Å². The van der Waals surface area contributed by atoms with E-state index in [1.165, 1.54) is 18.2 Å². The normalized spacial score (nSPS) is 10.6. The molecule has 174 valence electrons. The molecule has 7 nitrogen and oxygen atoms in total. The molecule has 0 bridgehead atoms. The molecular weight excluding hydrogens is 433 g/mol. The number of aromatic nitrogens is 1. The van der Waals surface area contributed by atoms with Crippen molar-refractivity contribution in [1.29, 1.82) is 5.53 Å². The molecule has 0 aliphatic carbocycles. The number of pyridine rings is 1. The Hall–Kier alpha value is -4.43. The first kappa shape index (κ1) is 22.8. The molecule has 1 heterocycles. The van der Waals surface area contributed by atoms with Crippen LogP contribution in [0.1, 0.15) is 24.3 Å². The van der Waals surface area contributed by atoms with Crippen molar-refractivity contribution in [2.24, 2.45) is 5.11 Å². The Labute approximate surface area is 198 Å². The topological polar surface area (TPSA) is 113 Å². The fraction of sp³-hybridized carbons (Fsp3) is 0.0769. The van der Waals surface area contributed by atoms with Crippen LogP contribution in [0.15, 0.2) is 90.0 Å². The van der Waals surface area contributed by atoms with E-state index >= 15 is 0 Å². The molecule has 0 unspecified atom stereocenters. The van der Waals surface area contributed by atoms with E-state index in [2.05, 4.69) is 15.4 Å². The minimum absolute atomic E-state index is 0. The molecule has 8 heteroatoms. The van der Waals surface area contributed by atoms with E-state index in [4.69, 9.17) is 16.0 Å². The monoisotopic (exact) mass is 459 g/mol. The maximum Gasteiger partial charge on any atom is 0.255 e. The van der Waals surface area contributed by atoms with Crippen molar-refractivity contribution in [3.63, 3.8) is 0 Å². The molecule has 0 saturated heterocycles. The minimum Gasteiger partial charge on any atom is -0.382 e. The number of rotatable bonds is 8. The Morgan fingerprint density at radius 1 is 1.00 bits per heavy atom. The maximum absolute atomic E-state index is 14.4. The second-order valence-corrected chi connectivity index (χ2v) is 7.54. The summed E-state index contributed by atoms with van der Waals surface area (Å²) in [5.41, 5.74) is 16.5. The van der Waals surface area contributed by atoms with Crippen LogP contribution in [0, 0.1) is 11.3 Å². The third-order valence-electron chi connectivity index (χ3n) is 5.13. The molecule has 3 aromatic carbocycles. The second-order valence-electron chi connectivity index (χ2n) is 7.54. The van der Waals surface area contributed by atoms with Gasteiger partial charge >= 0.3 is 0 Å². The lowest BCUT2D eigenvalue weighted by molar-refractivity contribution is 0.102. The highest BCUT2D eigenvalue weighted by Gasteiger charge is 2.12. The standard InChI is InChI=1S/C26H22FN5O2.2H2/c27-21-11-10-20(22-12-13-23(32-29)25(28)30-22)14-24(21)31-26(33)19-8-6-18(7-9-19)16-34-15-17-4-2-1-3-5-17;;/h1-14,29H,15-16H2,(H2,28,30)(H,31,33);2*1H. The van der Waals surface area contributed by atoms with Gasteiger partial charge in [-0.15, -0.1) is 0 Å². The van der Waals surface area contributed by atoms with Crippen molar-refractivity contribution in [3.05, 3.63) is 107 Å². The van der Waals surface area contributed by atoms with Crippen LogP contribution in [0.2, 0.25) is 0 Å². The molecule has 1 aromatic heterocycles. The highest BCUT2D eigenvalue weighted by atomic mass is 19.1. The van der Waals surface area contributed by atoms with Gasteiger partial charge in [0, 0.05) is 14.0 Å². The number of ether oxygens (including phenoxy) is 1. The lowest BCUT2D eigenvalue weighted by atomic mass is 10.1. The van der Waals surface area contributed by atoms with E-state index in [0.29, 0.717) is 30.0 Å². The molecule has 0 radical (unpaired) electrons. The van der Waals surface area contributed by atoms with Crippen molar-refractivity contribution in [1.82, 2.24) is 4.98 Å². The summed E-state index contributed by atoms with van der Waals surface area (Å²) < 4.78 is 20.1. The third-order valence-corrected chi connectivity index (χ3v) is 5.13. The predicted octanol–water partition coefficient (Wildman–Crippen LogP) is 6.59. The number of amides is 1. The number of carbonyl (C=O) groups excluding carboxylic acids is 1.